The van der Waals surface area contributed by atoms with Crippen molar-refractivity contribution in [2.24, 2.45) is 5.41 Å². The molecule has 114 valence electrons. The molecule has 0 spiro atoms. The molecule has 4 heteroatoms. The summed E-state index contributed by atoms with van der Waals surface area (Å²) in [6, 6.07) is 2.13. The smallest absolute Gasteiger partial charge is 0.252 e. The van der Waals surface area contributed by atoms with E-state index in [4.69, 9.17) is 5.11 Å². The molecule has 1 aromatic heterocycles. The van der Waals surface area contributed by atoms with Crippen molar-refractivity contribution in [2.45, 2.75) is 52.0 Å². The van der Waals surface area contributed by atoms with Crippen LogP contribution in [-0.4, -0.2) is 23.7 Å². The highest BCUT2D eigenvalue weighted by atomic mass is 32.1. The lowest BCUT2D eigenvalue weighted by Crippen LogP contribution is -2.39. The van der Waals surface area contributed by atoms with E-state index < -0.39 is 0 Å². The fraction of sp³-hybridized carbons (Fsp3) is 0.588. The van der Waals surface area contributed by atoms with E-state index in [1.807, 2.05) is 11.4 Å². The van der Waals surface area contributed by atoms with Crippen LogP contribution in [0.4, 0.5) is 0 Å². The minimum Gasteiger partial charge on any atom is -0.395 e. The van der Waals surface area contributed by atoms with Gasteiger partial charge in [-0.2, -0.15) is 0 Å². The molecule has 1 fully saturated rings. The van der Waals surface area contributed by atoms with Gasteiger partial charge in [-0.05, 0) is 37.2 Å². The molecular weight excluding hydrogens is 282 g/mol. The van der Waals surface area contributed by atoms with Crippen LogP contribution in [0.1, 0.15) is 61.2 Å². The molecule has 1 aliphatic carbocycles. The highest BCUT2D eigenvalue weighted by Gasteiger charge is 2.27. The number of amides is 1. The topological polar surface area (TPSA) is 49.3 Å². The minimum atomic E-state index is 0.00571. The Labute approximate surface area is 130 Å². The Morgan fingerprint density at radius 2 is 2.19 bits per heavy atom. The zero-order chi connectivity index (χ0) is 15.3. The molecule has 21 heavy (non-hydrogen) atoms. The average molecular weight is 305 g/mol. The summed E-state index contributed by atoms with van der Waals surface area (Å²) in [5.74, 6) is 5.84. The number of hydrogen-bond acceptors (Lipinski definition) is 3. The van der Waals surface area contributed by atoms with Crippen LogP contribution in [0.5, 0.6) is 0 Å². The lowest BCUT2D eigenvalue weighted by atomic mass is 9.75. The Balaban J connectivity index is 1.88. The van der Waals surface area contributed by atoms with E-state index >= 15 is 0 Å². The van der Waals surface area contributed by atoms with E-state index in [0.29, 0.717) is 23.4 Å². The van der Waals surface area contributed by atoms with E-state index in [9.17, 15) is 4.79 Å². The normalized spacial score (nSPS) is 17.9. The van der Waals surface area contributed by atoms with Crippen molar-refractivity contribution < 1.29 is 9.90 Å². The van der Waals surface area contributed by atoms with Gasteiger partial charge in [-0.3, -0.25) is 4.79 Å². The SMILES string of the molecule is CC1(C)CCC(NC(=O)c2csc(C#CCCO)c2)CC1. The van der Waals surface area contributed by atoms with E-state index in [1.165, 1.54) is 24.2 Å². The van der Waals surface area contributed by atoms with Crippen molar-refractivity contribution in [1.29, 1.82) is 0 Å². The number of carbonyl (C=O) groups excluding carboxylic acids is 1. The third-order valence-electron chi connectivity index (χ3n) is 3.98. The zero-order valence-corrected chi connectivity index (χ0v) is 13.6. The van der Waals surface area contributed by atoms with Crippen molar-refractivity contribution in [2.75, 3.05) is 6.61 Å². The van der Waals surface area contributed by atoms with Crippen LogP contribution in [0, 0.1) is 17.3 Å². The largest absolute Gasteiger partial charge is 0.395 e. The zero-order valence-electron chi connectivity index (χ0n) is 12.7. The van der Waals surface area contributed by atoms with E-state index in [0.717, 1.165) is 17.7 Å². The highest BCUT2D eigenvalue weighted by Crippen LogP contribution is 2.35. The van der Waals surface area contributed by atoms with Crippen molar-refractivity contribution in [3.05, 3.63) is 21.9 Å². The lowest BCUT2D eigenvalue weighted by Gasteiger charge is -2.34. The Hall–Kier alpha value is -1.31. The molecule has 0 saturated heterocycles. The van der Waals surface area contributed by atoms with Crippen LogP contribution in [-0.2, 0) is 0 Å². The number of aliphatic hydroxyl groups is 1. The molecule has 0 radical (unpaired) electrons. The first-order chi connectivity index (χ1) is 10.00. The molecule has 3 nitrogen and oxygen atoms in total. The molecule has 1 amide bonds. The summed E-state index contributed by atoms with van der Waals surface area (Å²) in [4.78, 5) is 13.1. The molecule has 1 heterocycles. The van der Waals surface area contributed by atoms with Crippen LogP contribution < -0.4 is 5.32 Å². The van der Waals surface area contributed by atoms with Crippen LogP contribution in [0.2, 0.25) is 0 Å². The molecule has 0 aliphatic heterocycles. The molecule has 2 rings (SSSR count). The van der Waals surface area contributed by atoms with Gasteiger partial charge in [0.1, 0.15) is 0 Å². The molecule has 1 aromatic rings. The summed E-state index contributed by atoms with van der Waals surface area (Å²) in [5, 5.41) is 13.7. The van der Waals surface area contributed by atoms with Gasteiger partial charge >= 0.3 is 0 Å². The first kappa shape index (κ1) is 16.1. The van der Waals surface area contributed by atoms with Gasteiger partial charge in [-0.15, -0.1) is 11.3 Å². The summed E-state index contributed by atoms with van der Waals surface area (Å²) < 4.78 is 0. The van der Waals surface area contributed by atoms with Crippen LogP contribution in [0.15, 0.2) is 11.4 Å². The van der Waals surface area contributed by atoms with Crippen molar-refractivity contribution >= 4 is 17.2 Å². The Morgan fingerprint density at radius 1 is 1.48 bits per heavy atom. The second-order valence-corrected chi connectivity index (χ2v) is 7.30. The first-order valence-corrected chi connectivity index (χ1v) is 8.37. The maximum Gasteiger partial charge on any atom is 0.252 e. The van der Waals surface area contributed by atoms with Crippen molar-refractivity contribution in [3.8, 4) is 11.8 Å². The number of nitrogens with one attached hydrogen (secondary N) is 1. The second-order valence-electron chi connectivity index (χ2n) is 6.39. The molecule has 2 N–H and O–H groups in total. The number of rotatable bonds is 3. The number of aliphatic hydroxyl groups excluding tert-OH is 1. The van der Waals surface area contributed by atoms with Crippen LogP contribution in [0.3, 0.4) is 0 Å². The lowest BCUT2D eigenvalue weighted by molar-refractivity contribution is 0.0909. The Bertz CT molecular complexity index is 541. The standard InChI is InChI=1S/C17H23NO2S/c1-17(2)8-6-14(7-9-17)18-16(20)13-11-15(21-12-13)5-3-4-10-19/h11-12,14,19H,4,6-10H2,1-2H3,(H,18,20). The second kappa shape index (κ2) is 7.11. The Kier molecular flexibility index (Phi) is 5.44. The van der Waals surface area contributed by atoms with Gasteiger partial charge in [0.25, 0.3) is 5.91 Å². The van der Waals surface area contributed by atoms with Gasteiger partial charge in [0.2, 0.25) is 0 Å². The highest BCUT2D eigenvalue weighted by molar-refractivity contribution is 7.10. The fourth-order valence-corrected chi connectivity index (χ4v) is 3.29. The first-order valence-electron chi connectivity index (χ1n) is 7.49. The van der Waals surface area contributed by atoms with Gasteiger partial charge in [-0.25, -0.2) is 0 Å². The quantitative estimate of drug-likeness (QED) is 0.843. The molecule has 0 atom stereocenters. The van der Waals surface area contributed by atoms with E-state index in [1.54, 1.807) is 0 Å². The maximum absolute atomic E-state index is 12.2. The Morgan fingerprint density at radius 3 is 2.86 bits per heavy atom. The van der Waals surface area contributed by atoms with Crippen molar-refractivity contribution in [1.82, 2.24) is 5.32 Å². The molecular formula is C17H23NO2S. The predicted octanol–water partition coefficient (Wildman–Crippen LogP) is 3.18. The summed E-state index contributed by atoms with van der Waals surface area (Å²) in [5.41, 5.74) is 1.11. The number of carbonyl (C=O) groups is 1. The summed E-state index contributed by atoms with van der Waals surface area (Å²) >= 11 is 1.47. The number of thiophene rings is 1. The maximum atomic E-state index is 12.2. The number of hydrogen-bond donors (Lipinski definition) is 2. The van der Waals surface area contributed by atoms with E-state index in [-0.39, 0.29) is 12.5 Å². The molecule has 0 unspecified atom stereocenters. The predicted molar refractivity (Wildman–Crippen MR) is 86.4 cm³/mol. The molecule has 0 aromatic carbocycles. The van der Waals surface area contributed by atoms with Gasteiger partial charge in [-0.1, -0.05) is 25.7 Å². The van der Waals surface area contributed by atoms with Crippen molar-refractivity contribution in [3.63, 3.8) is 0 Å². The van der Waals surface area contributed by atoms with E-state index in [2.05, 4.69) is 31.0 Å². The fourth-order valence-electron chi connectivity index (χ4n) is 2.54. The third-order valence-corrected chi connectivity index (χ3v) is 4.83. The summed E-state index contributed by atoms with van der Waals surface area (Å²) in [6.45, 7) is 4.66. The average Bonchev–Trinajstić information content (AvgIpc) is 2.90. The summed E-state index contributed by atoms with van der Waals surface area (Å²) in [7, 11) is 0. The van der Waals surface area contributed by atoms with Crippen LogP contribution in [0.25, 0.3) is 0 Å². The van der Waals surface area contributed by atoms with Crippen LogP contribution >= 0.6 is 11.3 Å². The molecule has 1 aliphatic rings. The third kappa shape index (κ3) is 4.87. The van der Waals surface area contributed by atoms with Gasteiger partial charge in [0.15, 0.2) is 0 Å². The molecule has 1 saturated carbocycles. The van der Waals surface area contributed by atoms with Gasteiger partial charge < -0.3 is 10.4 Å². The molecule has 0 bridgehead atoms. The van der Waals surface area contributed by atoms with Gasteiger partial charge in [0.05, 0.1) is 17.0 Å². The minimum absolute atomic E-state index is 0.00571. The monoisotopic (exact) mass is 305 g/mol. The van der Waals surface area contributed by atoms with Gasteiger partial charge in [0, 0.05) is 17.8 Å². The summed E-state index contributed by atoms with van der Waals surface area (Å²) in [6.07, 6.45) is 4.92.